The lowest BCUT2D eigenvalue weighted by Gasteiger charge is -2.22. The van der Waals surface area contributed by atoms with Gasteiger partial charge >= 0.3 is 0 Å². The average molecular weight is 651 g/mol. The van der Waals surface area contributed by atoms with Gasteiger partial charge in [0, 0.05) is 22.1 Å². The molecule has 9 aromatic rings. The number of aromatic nitrogens is 2. The molecule has 0 bridgehead atoms. The number of rotatable bonds is 4. The van der Waals surface area contributed by atoms with Crippen LogP contribution in [-0.2, 0) is 5.41 Å². The van der Waals surface area contributed by atoms with Crippen molar-refractivity contribution in [2.24, 2.45) is 0 Å². The van der Waals surface area contributed by atoms with Gasteiger partial charge in [-0.05, 0) is 96.0 Å². The second-order valence-electron chi connectivity index (χ2n) is 14.2. The van der Waals surface area contributed by atoms with Crippen LogP contribution >= 0.6 is 0 Å². The summed E-state index contributed by atoms with van der Waals surface area (Å²) < 4.78 is 0. The first-order valence-corrected chi connectivity index (χ1v) is 17.7. The first-order chi connectivity index (χ1) is 25.0. The highest BCUT2D eigenvalue weighted by Gasteiger charge is 2.37. The van der Waals surface area contributed by atoms with Crippen LogP contribution in [0, 0.1) is 0 Å². The Morgan fingerprint density at radius 1 is 0.373 bits per heavy atom. The van der Waals surface area contributed by atoms with E-state index in [9.17, 15) is 0 Å². The van der Waals surface area contributed by atoms with Crippen molar-refractivity contribution in [3.8, 4) is 56.2 Å². The molecule has 2 nitrogen and oxygen atoms in total. The van der Waals surface area contributed by atoms with Crippen LogP contribution < -0.4 is 0 Å². The summed E-state index contributed by atoms with van der Waals surface area (Å²) >= 11 is 0. The van der Waals surface area contributed by atoms with E-state index in [1.807, 2.05) is 18.2 Å². The summed E-state index contributed by atoms with van der Waals surface area (Å²) in [6.07, 6.45) is 0. The minimum Gasteiger partial charge on any atom is -0.228 e. The van der Waals surface area contributed by atoms with Crippen LogP contribution in [0.1, 0.15) is 25.0 Å². The molecule has 8 aromatic carbocycles. The van der Waals surface area contributed by atoms with Gasteiger partial charge in [-0.1, -0.05) is 153 Å². The minimum absolute atomic E-state index is 0.0966. The van der Waals surface area contributed by atoms with Gasteiger partial charge in [0.15, 0.2) is 5.82 Å². The number of benzene rings is 8. The highest BCUT2D eigenvalue weighted by molar-refractivity contribution is 6.08. The fraction of sp³-hybridized carbons (Fsp3) is 0.0612. The number of hydrogen-bond acceptors (Lipinski definition) is 2. The summed E-state index contributed by atoms with van der Waals surface area (Å²) in [5, 5.41) is 7.51. The molecule has 2 heteroatoms. The maximum atomic E-state index is 5.19. The van der Waals surface area contributed by atoms with Gasteiger partial charge < -0.3 is 0 Å². The minimum atomic E-state index is -0.0966. The van der Waals surface area contributed by atoms with E-state index in [1.54, 1.807) is 0 Å². The molecule has 0 N–H and O–H groups in total. The lowest BCUT2D eigenvalue weighted by molar-refractivity contribution is 0.661. The van der Waals surface area contributed by atoms with Gasteiger partial charge in [-0.25, -0.2) is 9.97 Å². The molecule has 1 heterocycles. The quantitative estimate of drug-likeness (QED) is 0.177. The summed E-state index contributed by atoms with van der Waals surface area (Å²) in [5.41, 5.74) is 12.7. The van der Waals surface area contributed by atoms with E-state index in [4.69, 9.17) is 9.97 Å². The molecule has 0 radical (unpaired) electrons. The van der Waals surface area contributed by atoms with Crippen molar-refractivity contribution in [1.82, 2.24) is 9.97 Å². The van der Waals surface area contributed by atoms with Crippen molar-refractivity contribution >= 4 is 32.3 Å². The van der Waals surface area contributed by atoms with Crippen molar-refractivity contribution in [2.45, 2.75) is 19.3 Å². The molecule has 1 aliphatic carbocycles. The van der Waals surface area contributed by atoms with E-state index in [0.29, 0.717) is 0 Å². The van der Waals surface area contributed by atoms with Crippen molar-refractivity contribution in [1.29, 1.82) is 0 Å². The second kappa shape index (κ2) is 11.3. The van der Waals surface area contributed by atoms with Gasteiger partial charge in [-0.15, -0.1) is 0 Å². The Bertz CT molecular complexity index is 2830. The molecular weight excluding hydrogens is 617 g/mol. The van der Waals surface area contributed by atoms with Gasteiger partial charge in [0.05, 0.1) is 11.4 Å². The Morgan fingerprint density at radius 2 is 1.00 bits per heavy atom. The van der Waals surface area contributed by atoms with Gasteiger partial charge in [0.1, 0.15) is 0 Å². The molecule has 1 aliphatic rings. The standard InChI is InChI=1S/C49H34N2/c1-49(2)43-21-11-20-41(47(43)42-28-33-15-6-7-16-34(33)29-44(42)49)35-17-10-18-37(26-35)45-30-46(51-48(50-45)32-13-4-3-5-14-32)38-24-25-40-36(27-38)23-22-31-12-8-9-19-39(31)40/h3-30H,1-2H3. The van der Waals surface area contributed by atoms with E-state index < -0.39 is 0 Å². The van der Waals surface area contributed by atoms with Crippen LogP contribution in [0.15, 0.2) is 170 Å². The molecule has 0 spiro atoms. The van der Waals surface area contributed by atoms with E-state index in [-0.39, 0.29) is 5.41 Å². The monoisotopic (exact) mass is 650 g/mol. The number of nitrogens with zero attached hydrogens (tertiary/aromatic N) is 2. The molecular formula is C49H34N2. The fourth-order valence-electron chi connectivity index (χ4n) is 8.19. The lowest BCUT2D eigenvalue weighted by Crippen LogP contribution is -2.14. The van der Waals surface area contributed by atoms with Crippen molar-refractivity contribution < 1.29 is 0 Å². The Balaban J connectivity index is 1.13. The van der Waals surface area contributed by atoms with E-state index in [0.717, 1.165) is 33.9 Å². The van der Waals surface area contributed by atoms with Crippen LogP contribution in [-0.4, -0.2) is 9.97 Å². The maximum absolute atomic E-state index is 5.19. The maximum Gasteiger partial charge on any atom is 0.160 e. The van der Waals surface area contributed by atoms with Crippen molar-refractivity contribution in [2.75, 3.05) is 0 Å². The molecule has 0 fully saturated rings. The second-order valence-corrected chi connectivity index (χ2v) is 14.2. The zero-order valence-electron chi connectivity index (χ0n) is 28.6. The molecule has 10 rings (SSSR count). The number of hydrogen-bond donors (Lipinski definition) is 0. The van der Waals surface area contributed by atoms with Gasteiger partial charge in [-0.3, -0.25) is 0 Å². The zero-order chi connectivity index (χ0) is 34.1. The molecule has 0 amide bonds. The average Bonchev–Trinajstić information content (AvgIpc) is 3.42. The highest BCUT2D eigenvalue weighted by atomic mass is 14.9. The smallest absolute Gasteiger partial charge is 0.160 e. The zero-order valence-corrected chi connectivity index (χ0v) is 28.6. The van der Waals surface area contributed by atoms with Crippen molar-refractivity contribution in [3.05, 3.63) is 181 Å². The van der Waals surface area contributed by atoms with Crippen LogP contribution in [0.25, 0.3) is 88.5 Å². The summed E-state index contributed by atoms with van der Waals surface area (Å²) in [6.45, 7) is 4.71. The Morgan fingerprint density at radius 3 is 1.82 bits per heavy atom. The predicted molar refractivity (Wildman–Crippen MR) is 214 cm³/mol. The van der Waals surface area contributed by atoms with Crippen LogP contribution in [0.5, 0.6) is 0 Å². The summed E-state index contributed by atoms with van der Waals surface area (Å²) in [5.74, 6) is 0.718. The Kier molecular flexibility index (Phi) is 6.56. The normalized spacial score (nSPS) is 13.1. The molecule has 0 saturated heterocycles. The molecule has 0 saturated carbocycles. The van der Waals surface area contributed by atoms with Crippen LogP contribution in [0.2, 0.25) is 0 Å². The first kappa shape index (κ1) is 29.5. The molecule has 0 unspecified atom stereocenters. The van der Waals surface area contributed by atoms with Gasteiger partial charge in [0.25, 0.3) is 0 Å². The third-order valence-electron chi connectivity index (χ3n) is 10.8. The Labute approximate surface area is 297 Å². The first-order valence-electron chi connectivity index (χ1n) is 17.7. The SMILES string of the molecule is CC1(C)c2cc3ccccc3cc2-c2c(-c3cccc(-c4cc(-c5ccc6c(ccc7ccccc76)c5)nc(-c5ccccc5)n4)c3)cccc21. The largest absolute Gasteiger partial charge is 0.228 e. The van der Waals surface area contributed by atoms with E-state index in [2.05, 4.69) is 166 Å². The fourth-order valence-corrected chi connectivity index (χ4v) is 8.19. The molecule has 51 heavy (non-hydrogen) atoms. The summed E-state index contributed by atoms with van der Waals surface area (Å²) in [4.78, 5) is 10.3. The van der Waals surface area contributed by atoms with Crippen molar-refractivity contribution in [3.63, 3.8) is 0 Å². The molecule has 0 atom stereocenters. The van der Waals surface area contributed by atoms with Crippen LogP contribution in [0.3, 0.4) is 0 Å². The summed E-state index contributed by atoms with van der Waals surface area (Å²) in [7, 11) is 0. The lowest BCUT2D eigenvalue weighted by atomic mass is 9.81. The third-order valence-corrected chi connectivity index (χ3v) is 10.8. The molecule has 240 valence electrons. The predicted octanol–water partition coefficient (Wildman–Crippen LogP) is 12.9. The van der Waals surface area contributed by atoms with E-state index >= 15 is 0 Å². The van der Waals surface area contributed by atoms with E-state index in [1.165, 1.54) is 65.7 Å². The molecule has 1 aromatic heterocycles. The van der Waals surface area contributed by atoms with Gasteiger partial charge in [-0.2, -0.15) is 0 Å². The molecule has 0 aliphatic heterocycles. The Hall–Kier alpha value is -6.38. The van der Waals surface area contributed by atoms with Crippen LogP contribution in [0.4, 0.5) is 0 Å². The third kappa shape index (κ3) is 4.79. The number of fused-ring (bicyclic) bond motifs is 7. The van der Waals surface area contributed by atoms with Gasteiger partial charge in [0.2, 0.25) is 0 Å². The topological polar surface area (TPSA) is 25.8 Å². The highest BCUT2D eigenvalue weighted by Crippen LogP contribution is 2.53. The summed E-state index contributed by atoms with van der Waals surface area (Å²) in [6, 6.07) is 61.3.